The number of sulfonamides is 1. The molecular weight excluding hydrogens is 474 g/mol. The van der Waals surface area contributed by atoms with Crippen LogP contribution < -0.4 is 0 Å². The topological polar surface area (TPSA) is 57.7 Å². The number of hydrogen-bond acceptors (Lipinski definition) is 3. The van der Waals surface area contributed by atoms with Gasteiger partial charge in [0, 0.05) is 35.7 Å². The zero-order valence-electron chi connectivity index (χ0n) is 17.2. The van der Waals surface area contributed by atoms with Gasteiger partial charge in [0.05, 0.1) is 11.4 Å². The van der Waals surface area contributed by atoms with Crippen LogP contribution in [0.4, 0.5) is 4.39 Å². The molecule has 0 spiro atoms. The van der Waals surface area contributed by atoms with E-state index in [1.165, 1.54) is 47.4 Å². The Morgan fingerprint density at radius 2 is 1.56 bits per heavy atom. The molecule has 168 valence electrons. The summed E-state index contributed by atoms with van der Waals surface area (Å²) >= 11 is 12.0. The summed E-state index contributed by atoms with van der Waals surface area (Å²) in [6.45, 7) is -0.588. The lowest BCUT2D eigenvalue weighted by Crippen LogP contribution is -2.41. The van der Waals surface area contributed by atoms with Gasteiger partial charge >= 0.3 is 0 Å². The van der Waals surface area contributed by atoms with Crippen molar-refractivity contribution < 1.29 is 17.6 Å². The fourth-order valence-electron chi connectivity index (χ4n) is 3.06. The van der Waals surface area contributed by atoms with Gasteiger partial charge in [-0.05, 0) is 42.0 Å². The molecule has 32 heavy (non-hydrogen) atoms. The predicted octanol–water partition coefficient (Wildman–Crippen LogP) is 4.98. The van der Waals surface area contributed by atoms with Crippen molar-refractivity contribution in [2.24, 2.45) is 0 Å². The molecule has 0 aliphatic rings. The first-order chi connectivity index (χ1) is 15.2. The monoisotopic (exact) mass is 494 g/mol. The van der Waals surface area contributed by atoms with Crippen molar-refractivity contribution in [3.8, 4) is 0 Å². The summed E-state index contributed by atoms with van der Waals surface area (Å²) in [4.78, 5) is 14.3. The second kappa shape index (κ2) is 10.4. The predicted molar refractivity (Wildman–Crippen MR) is 123 cm³/mol. The highest BCUT2D eigenvalue weighted by atomic mass is 35.5. The van der Waals surface area contributed by atoms with E-state index >= 15 is 0 Å². The quantitative estimate of drug-likeness (QED) is 0.443. The van der Waals surface area contributed by atoms with Gasteiger partial charge in [0.15, 0.2) is 0 Å². The largest absolute Gasteiger partial charge is 0.340 e. The molecular formula is C23H21Cl2FN2O3S. The first-order valence-corrected chi connectivity index (χ1v) is 11.8. The third-order valence-corrected chi connectivity index (χ3v) is 7.26. The average Bonchev–Trinajstić information content (AvgIpc) is 2.76. The summed E-state index contributed by atoms with van der Waals surface area (Å²) < 4.78 is 42.0. The molecule has 5 nitrogen and oxygen atoms in total. The van der Waals surface area contributed by atoms with Crippen LogP contribution in [0, 0.1) is 5.82 Å². The van der Waals surface area contributed by atoms with Crippen LogP contribution in [0.25, 0.3) is 0 Å². The second-order valence-electron chi connectivity index (χ2n) is 7.16. The van der Waals surface area contributed by atoms with E-state index in [-0.39, 0.29) is 15.5 Å². The van der Waals surface area contributed by atoms with Gasteiger partial charge < -0.3 is 4.90 Å². The Labute approximate surface area is 197 Å². The van der Waals surface area contributed by atoms with Crippen LogP contribution in [0.3, 0.4) is 0 Å². The summed E-state index contributed by atoms with van der Waals surface area (Å²) in [6, 6.07) is 18.9. The highest BCUT2D eigenvalue weighted by Crippen LogP contribution is 2.25. The van der Waals surface area contributed by atoms with Crippen molar-refractivity contribution in [3.63, 3.8) is 0 Å². The normalized spacial score (nSPS) is 11.5. The third-order valence-electron chi connectivity index (χ3n) is 4.85. The van der Waals surface area contributed by atoms with Gasteiger partial charge in [0.1, 0.15) is 5.82 Å². The fourth-order valence-corrected chi connectivity index (χ4v) is 4.76. The van der Waals surface area contributed by atoms with Crippen LogP contribution in [0.15, 0.2) is 77.7 Å². The van der Waals surface area contributed by atoms with Crippen molar-refractivity contribution in [2.75, 3.05) is 13.6 Å². The molecule has 3 aromatic carbocycles. The first kappa shape index (κ1) is 24.2. The van der Waals surface area contributed by atoms with Crippen molar-refractivity contribution in [3.05, 3.63) is 99.8 Å². The maximum absolute atomic E-state index is 14.4. The SMILES string of the molecule is CN(Cc1ccccc1)C(=O)CN(Cc1c(F)cccc1Cl)S(=O)(=O)c1ccc(Cl)cc1. The molecule has 3 rings (SSSR count). The van der Waals surface area contributed by atoms with Crippen molar-refractivity contribution in [1.29, 1.82) is 0 Å². The Morgan fingerprint density at radius 3 is 2.19 bits per heavy atom. The van der Waals surface area contributed by atoms with Crippen LogP contribution >= 0.6 is 23.2 Å². The molecule has 0 fully saturated rings. The summed E-state index contributed by atoms with van der Waals surface area (Å²) in [6.07, 6.45) is 0. The van der Waals surface area contributed by atoms with Crippen molar-refractivity contribution in [1.82, 2.24) is 9.21 Å². The number of rotatable bonds is 8. The number of carbonyl (C=O) groups is 1. The average molecular weight is 495 g/mol. The highest BCUT2D eigenvalue weighted by Gasteiger charge is 2.29. The zero-order chi connectivity index (χ0) is 23.3. The van der Waals surface area contributed by atoms with E-state index in [9.17, 15) is 17.6 Å². The Hall–Kier alpha value is -2.45. The maximum Gasteiger partial charge on any atom is 0.243 e. The van der Waals surface area contributed by atoms with Crippen LogP contribution in [-0.2, 0) is 27.9 Å². The summed E-state index contributed by atoms with van der Waals surface area (Å²) in [5, 5.41) is 0.442. The van der Waals surface area contributed by atoms with E-state index in [0.29, 0.717) is 11.6 Å². The molecule has 3 aromatic rings. The van der Waals surface area contributed by atoms with E-state index in [0.717, 1.165) is 9.87 Å². The first-order valence-electron chi connectivity index (χ1n) is 9.65. The van der Waals surface area contributed by atoms with Crippen LogP contribution in [-0.4, -0.2) is 37.1 Å². The molecule has 0 unspecified atom stereocenters. The second-order valence-corrected chi connectivity index (χ2v) is 9.94. The lowest BCUT2D eigenvalue weighted by Gasteiger charge is -2.25. The third kappa shape index (κ3) is 5.86. The van der Waals surface area contributed by atoms with Gasteiger partial charge in [-0.1, -0.05) is 59.6 Å². The molecule has 0 atom stereocenters. The Kier molecular flexibility index (Phi) is 7.90. The number of amides is 1. The van der Waals surface area contributed by atoms with Gasteiger partial charge in [-0.15, -0.1) is 0 Å². The lowest BCUT2D eigenvalue weighted by molar-refractivity contribution is -0.130. The molecule has 0 heterocycles. The minimum absolute atomic E-state index is 0.00906. The summed E-state index contributed by atoms with van der Waals surface area (Å²) in [5.41, 5.74) is 0.887. The van der Waals surface area contributed by atoms with E-state index in [1.807, 2.05) is 30.3 Å². The van der Waals surface area contributed by atoms with Crippen molar-refractivity contribution >= 4 is 39.1 Å². The molecule has 0 aromatic heterocycles. The van der Waals surface area contributed by atoms with E-state index in [4.69, 9.17) is 23.2 Å². The number of likely N-dealkylation sites (N-methyl/N-ethyl adjacent to an activating group) is 1. The number of carbonyl (C=O) groups excluding carboxylic acids is 1. The molecule has 0 aliphatic heterocycles. The molecule has 0 radical (unpaired) electrons. The summed E-state index contributed by atoms with van der Waals surface area (Å²) in [5.74, 6) is -1.10. The molecule has 0 saturated heterocycles. The minimum atomic E-state index is -4.15. The van der Waals surface area contributed by atoms with E-state index < -0.39 is 34.8 Å². The van der Waals surface area contributed by atoms with Gasteiger partial charge in [-0.2, -0.15) is 4.31 Å². The smallest absolute Gasteiger partial charge is 0.243 e. The number of benzene rings is 3. The summed E-state index contributed by atoms with van der Waals surface area (Å²) in [7, 11) is -2.57. The Bertz CT molecular complexity index is 1170. The van der Waals surface area contributed by atoms with Gasteiger partial charge in [-0.25, -0.2) is 12.8 Å². The van der Waals surface area contributed by atoms with Crippen LogP contribution in [0.1, 0.15) is 11.1 Å². The highest BCUT2D eigenvalue weighted by molar-refractivity contribution is 7.89. The van der Waals surface area contributed by atoms with Crippen LogP contribution in [0.5, 0.6) is 0 Å². The van der Waals surface area contributed by atoms with Crippen molar-refractivity contribution in [2.45, 2.75) is 18.0 Å². The fraction of sp³-hybridized carbons (Fsp3) is 0.174. The molecule has 9 heteroatoms. The Morgan fingerprint density at radius 1 is 0.906 bits per heavy atom. The molecule has 0 N–H and O–H groups in total. The Balaban J connectivity index is 1.91. The van der Waals surface area contributed by atoms with Crippen LogP contribution in [0.2, 0.25) is 10.0 Å². The lowest BCUT2D eigenvalue weighted by atomic mass is 10.2. The molecule has 1 amide bonds. The molecule has 0 bridgehead atoms. The molecule has 0 saturated carbocycles. The number of halogens is 3. The number of hydrogen-bond donors (Lipinski definition) is 0. The number of nitrogens with zero attached hydrogens (tertiary/aromatic N) is 2. The zero-order valence-corrected chi connectivity index (χ0v) is 19.5. The van der Waals surface area contributed by atoms with E-state index in [1.54, 1.807) is 7.05 Å². The van der Waals surface area contributed by atoms with Gasteiger partial charge in [0.2, 0.25) is 15.9 Å². The molecule has 0 aliphatic carbocycles. The maximum atomic E-state index is 14.4. The van der Waals surface area contributed by atoms with Gasteiger partial charge in [-0.3, -0.25) is 4.79 Å². The minimum Gasteiger partial charge on any atom is -0.340 e. The van der Waals surface area contributed by atoms with E-state index in [2.05, 4.69) is 0 Å². The standard InChI is InChI=1S/C23H21Cl2FN2O3S/c1-27(14-17-6-3-2-4-7-17)23(29)16-28(15-20-21(25)8-5-9-22(20)26)32(30,31)19-12-10-18(24)11-13-19/h2-13H,14-16H2,1H3. The van der Waals surface area contributed by atoms with Gasteiger partial charge in [0.25, 0.3) is 0 Å².